The summed E-state index contributed by atoms with van der Waals surface area (Å²) in [5.74, 6) is 0. The first kappa shape index (κ1) is 17.5. The van der Waals surface area contributed by atoms with Gasteiger partial charge in [-0.3, -0.25) is 9.78 Å². The van der Waals surface area contributed by atoms with Gasteiger partial charge < -0.3 is 5.32 Å². The molecular weight excluding hydrogens is 359 g/mol. The molecule has 0 aliphatic carbocycles. The van der Waals surface area contributed by atoms with Crippen LogP contribution in [0.25, 0.3) is 5.69 Å². The van der Waals surface area contributed by atoms with E-state index in [9.17, 15) is 4.79 Å². The lowest BCUT2D eigenvalue weighted by molar-refractivity contribution is 0.806. The fourth-order valence-corrected chi connectivity index (χ4v) is 2.71. The van der Waals surface area contributed by atoms with E-state index in [2.05, 4.69) is 15.4 Å². The first-order valence-corrected chi connectivity index (χ1v) is 8.49. The van der Waals surface area contributed by atoms with Crippen LogP contribution in [-0.2, 0) is 6.42 Å². The number of aromatic nitrogens is 3. The molecule has 0 atom stereocenters. The van der Waals surface area contributed by atoms with Crippen molar-refractivity contribution in [1.82, 2.24) is 14.8 Å². The fraction of sp³-hybridized carbons (Fsp3) is 0.167. The summed E-state index contributed by atoms with van der Waals surface area (Å²) in [5.41, 5.74) is 2.71. The van der Waals surface area contributed by atoms with Gasteiger partial charge in [0.1, 0.15) is 5.02 Å². The summed E-state index contributed by atoms with van der Waals surface area (Å²) in [6.07, 6.45) is 5.84. The summed E-state index contributed by atoms with van der Waals surface area (Å²) in [6.45, 7) is 2.51. The van der Waals surface area contributed by atoms with Crippen molar-refractivity contribution in [3.63, 3.8) is 0 Å². The summed E-state index contributed by atoms with van der Waals surface area (Å²) in [6, 6.07) is 9.18. The van der Waals surface area contributed by atoms with Gasteiger partial charge in [0.15, 0.2) is 0 Å². The zero-order valence-corrected chi connectivity index (χ0v) is 15.1. The maximum absolute atomic E-state index is 12.5. The van der Waals surface area contributed by atoms with Crippen LogP contribution in [0.1, 0.15) is 11.1 Å². The van der Waals surface area contributed by atoms with Crippen molar-refractivity contribution in [2.24, 2.45) is 0 Å². The van der Waals surface area contributed by atoms with Gasteiger partial charge in [0.2, 0.25) is 0 Å². The van der Waals surface area contributed by atoms with Crippen LogP contribution in [-0.4, -0.2) is 21.3 Å². The predicted molar refractivity (Wildman–Crippen MR) is 101 cm³/mol. The molecule has 3 rings (SSSR count). The highest BCUT2D eigenvalue weighted by Gasteiger charge is 2.11. The Hall–Kier alpha value is -2.37. The van der Waals surface area contributed by atoms with Crippen molar-refractivity contribution in [3.8, 4) is 5.69 Å². The van der Waals surface area contributed by atoms with E-state index in [0.717, 1.165) is 17.5 Å². The maximum atomic E-state index is 12.5. The van der Waals surface area contributed by atoms with Gasteiger partial charge >= 0.3 is 0 Å². The molecule has 0 aliphatic rings. The topological polar surface area (TPSA) is 59.8 Å². The molecule has 0 amide bonds. The van der Waals surface area contributed by atoms with E-state index >= 15 is 0 Å². The lowest BCUT2D eigenvalue weighted by atomic mass is 10.2. The Bertz CT molecular complexity index is 942. The van der Waals surface area contributed by atoms with E-state index in [1.165, 1.54) is 4.68 Å². The number of hydrogen-bond acceptors (Lipinski definition) is 4. The molecule has 2 heterocycles. The first-order chi connectivity index (χ1) is 12.1. The molecule has 128 valence electrons. The monoisotopic (exact) mass is 374 g/mol. The van der Waals surface area contributed by atoms with Crippen LogP contribution in [0.4, 0.5) is 5.69 Å². The molecule has 2 aromatic heterocycles. The van der Waals surface area contributed by atoms with Gasteiger partial charge in [-0.05, 0) is 42.7 Å². The number of aryl methyl sites for hydroxylation is 1. The van der Waals surface area contributed by atoms with Crippen molar-refractivity contribution >= 4 is 28.9 Å². The summed E-state index contributed by atoms with van der Waals surface area (Å²) in [5, 5.41) is 8.00. The molecule has 0 saturated carbocycles. The molecule has 0 spiro atoms. The molecule has 5 nitrogen and oxygen atoms in total. The summed E-state index contributed by atoms with van der Waals surface area (Å²) in [4.78, 5) is 16.6. The third-order valence-electron chi connectivity index (χ3n) is 3.77. The molecule has 1 aromatic carbocycles. The van der Waals surface area contributed by atoms with Gasteiger partial charge in [0.25, 0.3) is 5.56 Å². The zero-order chi connectivity index (χ0) is 17.8. The molecule has 7 heteroatoms. The van der Waals surface area contributed by atoms with Crippen LogP contribution in [0.15, 0.2) is 53.7 Å². The standard InChI is InChI=1S/C18H16Cl2N4O/c1-12-4-5-14(9-15(12)19)24-18(25)17(20)16(11-23-24)22-8-6-13-3-2-7-21-10-13/h2-5,7,9-11,22H,6,8H2,1H3. The number of hydrogen-bond donors (Lipinski definition) is 1. The van der Waals surface area contributed by atoms with E-state index in [4.69, 9.17) is 23.2 Å². The van der Waals surface area contributed by atoms with Crippen molar-refractivity contribution in [2.75, 3.05) is 11.9 Å². The van der Waals surface area contributed by atoms with Crippen LogP contribution in [0, 0.1) is 6.92 Å². The molecule has 0 bridgehead atoms. The molecule has 0 saturated heterocycles. The Labute approximate surface area is 155 Å². The lowest BCUT2D eigenvalue weighted by Gasteiger charge is -2.11. The number of rotatable bonds is 5. The maximum Gasteiger partial charge on any atom is 0.292 e. The smallest absolute Gasteiger partial charge is 0.292 e. The minimum Gasteiger partial charge on any atom is -0.382 e. The van der Waals surface area contributed by atoms with Crippen LogP contribution in [0.2, 0.25) is 10.0 Å². The van der Waals surface area contributed by atoms with E-state index in [0.29, 0.717) is 22.9 Å². The van der Waals surface area contributed by atoms with Gasteiger partial charge in [-0.25, -0.2) is 0 Å². The summed E-state index contributed by atoms with van der Waals surface area (Å²) >= 11 is 12.3. The number of nitrogens with zero attached hydrogens (tertiary/aromatic N) is 3. The average Bonchev–Trinajstić information content (AvgIpc) is 2.62. The largest absolute Gasteiger partial charge is 0.382 e. The number of halogens is 2. The van der Waals surface area contributed by atoms with Gasteiger partial charge in [0, 0.05) is 24.0 Å². The highest BCUT2D eigenvalue weighted by molar-refractivity contribution is 6.33. The average molecular weight is 375 g/mol. The SMILES string of the molecule is Cc1ccc(-n2ncc(NCCc3cccnc3)c(Cl)c2=O)cc1Cl. The van der Waals surface area contributed by atoms with Gasteiger partial charge in [-0.2, -0.15) is 9.78 Å². The molecule has 0 aliphatic heterocycles. The van der Waals surface area contributed by atoms with Gasteiger partial charge in [0.05, 0.1) is 17.6 Å². The van der Waals surface area contributed by atoms with Crippen molar-refractivity contribution < 1.29 is 0 Å². The Balaban J connectivity index is 1.78. The van der Waals surface area contributed by atoms with Gasteiger partial charge in [-0.15, -0.1) is 0 Å². The Morgan fingerprint density at radius 2 is 2.04 bits per heavy atom. The Morgan fingerprint density at radius 1 is 1.20 bits per heavy atom. The summed E-state index contributed by atoms with van der Waals surface area (Å²) in [7, 11) is 0. The van der Waals surface area contributed by atoms with Crippen LogP contribution < -0.4 is 10.9 Å². The number of benzene rings is 1. The third-order valence-corrected chi connectivity index (χ3v) is 4.54. The second-order valence-electron chi connectivity index (χ2n) is 5.56. The molecule has 0 fully saturated rings. The number of anilines is 1. The number of nitrogens with one attached hydrogen (secondary N) is 1. The zero-order valence-electron chi connectivity index (χ0n) is 13.5. The highest BCUT2D eigenvalue weighted by atomic mass is 35.5. The molecule has 0 unspecified atom stereocenters. The van der Waals surface area contributed by atoms with Crippen LogP contribution in [0.5, 0.6) is 0 Å². The van der Waals surface area contributed by atoms with Crippen LogP contribution in [0.3, 0.4) is 0 Å². The van der Waals surface area contributed by atoms with E-state index in [1.54, 1.807) is 30.7 Å². The van der Waals surface area contributed by atoms with E-state index in [1.807, 2.05) is 25.1 Å². The second-order valence-corrected chi connectivity index (χ2v) is 6.35. The van der Waals surface area contributed by atoms with E-state index < -0.39 is 5.56 Å². The first-order valence-electron chi connectivity index (χ1n) is 7.73. The lowest BCUT2D eigenvalue weighted by Crippen LogP contribution is -2.23. The Morgan fingerprint density at radius 3 is 2.76 bits per heavy atom. The quantitative estimate of drug-likeness (QED) is 0.735. The molecule has 0 radical (unpaired) electrons. The Kier molecular flexibility index (Phi) is 5.36. The molecular formula is C18H16Cl2N4O. The van der Waals surface area contributed by atoms with Crippen molar-refractivity contribution in [2.45, 2.75) is 13.3 Å². The van der Waals surface area contributed by atoms with E-state index in [-0.39, 0.29) is 5.02 Å². The summed E-state index contributed by atoms with van der Waals surface area (Å²) < 4.78 is 1.24. The molecule has 3 aromatic rings. The highest BCUT2D eigenvalue weighted by Crippen LogP contribution is 2.20. The van der Waals surface area contributed by atoms with Crippen molar-refractivity contribution in [1.29, 1.82) is 0 Å². The third kappa shape index (κ3) is 4.00. The minimum atomic E-state index is -0.395. The van der Waals surface area contributed by atoms with Gasteiger partial charge in [-0.1, -0.05) is 35.3 Å². The van der Waals surface area contributed by atoms with Crippen molar-refractivity contribution in [3.05, 3.63) is 80.4 Å². The second kappa shape index (κ2) is 7.68. The normalized spacial score (nSPS) is 10.7. The fourth-order valence-electron chi connectivity index (χ4n) is 2.34. The predicted octanol–water partition coefficient (Wildman–Crippen LogP) is 3.90. The molecule has 1 N–H and O–H groups in total. The molecule has 25 heavy (non-hydrogen) atoms. The number of pyridine rings is 1. The van der Waals surface area contributed by atoms with Crippen LogP contribution >= 0.6 is 23.2 Å². The minimum absolute atomic E-state index is 0.0953.